The summed E-state index contributed by atoms with van der Waals surface area (Å²) in [5.74, 6) is 1.24. The molecule has 4 heteroatoms. The first-order chi connectivity index (χ1) is 5.25. The molecule has 4 nitrogen and oxygen atoms in total. The molecule has 1 aromatic heterocycles. The lowest BCUT2D eigenvalue weighted by Crippen LogP contribution is -2.08. The molecule has 0 saturated heterocycles. The number of aromatic nitrogens is 2. The molecule has 0 unspecified atom stereocenters. The molecular weight excluding hydrogens is 144 g/mol. The van der Waals surface area contributed by atoms with Crippen molar-refractivity contribution in [2.75, 3.05) is 0 Å². The summed E-state index contributed by atoms with van der Waals surface area (Å²) in [7, 11) is 0. The van der Waals surface area contributed by atoms with Gasteiger partial charge in [0.05, 0.1) is 6.54 Å². The number of terminal acetylenes is 1. The van der Waals surface area contributed by atoms with Gasteiger partial charge in [0.1, 0.15) is 0 Å². The van der Waals surface area contributed by atoms with Gasteiger partial charge in [0.25, 0.3) is 0 Å². The van der Waals surface area contributed by atoms with Gasteiger partial charge in [-0.05, 0) is 0 Å². The lowest BCUT2D eigenvalue weighted by atomic mass is 10.5. The fourth-order valence-corrected chi connectivity index (χ4v) is 0.733. The van der Waals surface area contributed by atoms with Gasteiger partial charge in [0, 0.05) is 12.4 Å². The monoisotopic (exact) mass is 150 g/mol. The Kier molecular flexibility index (Phi) is 1.93. The molecule has 0 saturated carbocycles. The number of carboxylic acids is 1. The van der Waals surface area contributed by atoms with E-state index in [1.54, 1.807) is 0 Å². The Labute approximate surface area is 63.5 Å². The summed E-state index contributed by atoms with van der Waals surface area (Å²) in [6.45, 7) is 0.238. The SMILES string of the molecule is C#CCn1ccnc1C(=O)O. The maximum Gasteiger partial charge on any atom is 0.372 e. The molecule has 1 heterocycles. The Morgan fingerprint density at radius 1 is 1.91 bits per heavy atom. The Morgan fingerprint density at radius 3 is 3.18 bits per heavy atom. The van der Waals surface area contributed by atoms with Crippen LogP contribution in [0.25, 0.3) is 0 Å². The summed E-state index contributed by atoms with van der Waals surface area (Å²) in [5, 5.41) is 8.53. The summed E-state index contributed by atoms with van der Waals surface area (Å²) in [6.07, 6.45) is 7.93. The minimum absolute atomic E-state index is 0.0250. The highest BCUT2D eigenvalue weighted by Crippen LogP contribution is 1.95. The van der Waals surface area contributed by atoms with E-state index >= 15 is 0 Å². The number of carbonyl (C=O) groups is 1. The van der Waals surface area contributed by atoms with E-state index in [-0.39, 0.29) is 12.4 Å². The van der Waals surface area contributed by atoms with Crippen molar-refractivity contribution in [3.63, 3.8) is 0 Å². The molecule has 1 N–H and O–H groups in total. The van der Waals surface area contributed by atoms with E-state index in [1.807, 2.05) is 0 Å². The highest BCUT2D eigenvalue weighted by Gasteiger charge is 2.08. The highest BCUT2D eigenvalue weighted by molar-refractivity contribution is 5.83. The standard InChI is InChI=1S/C7H6N2O2/c1-2-4-9-5-3-8-6(9)7(10)11/h1,3,5H,4H2,(H,10,11). The van der Waals surface area contributed by atoms with Crippen molar-refractivity contribution in [3.05, 3.63) is 18.2 Å². The van der Waals surface area contributed by atoms with Crippen molar-refractivity contribution in [3.8, 4) is 12.3 Å². The number of aromatic carboxylic acids is 1. The van der Waals surface area contributed by atoms with Crippen molar-refractivity contribution < 1.29 is 9.90 Å². The molecule has 0 spiro atoms. The number of rotatable bonds is 2. The third-order valence-corrected chi connectivity index (χ3v) is 1.17. The van der Waals surface area contributed by atoms with Gasteiger partial charge in [-0.1, -0.05) is 5.92 Å². The number of hydrogen-bond acceptors (Lipinski definition) is 2. The molecular formula is C7H6N2O2. The van der Waals surface area contributed by atoms with E-state index in [9.17, 15) is 4.79 Å². The van der Waals surface area contributed by atoms with Gasteiger partial charge in [-0.3, -0.25) is 0 Å². The maximum atomic E-state index is 10.4. The summed E-state index contributed by atoms with van der Waals surface area (Å²) in [4.78, 5) is 14.0. The quantitative estimate of drug-likeness (QED) is 0.613. The van der Waals surface area contributed by atoms with Crippen LogP contribution in [0, 0.1) is 12.3 Å². The molecule has 0 atom stereocenters. The zero-order valence-electron chi connectivity index (χ0n) is 5.69. The third-order valence-electron chi connectivity index (χ3n) is 1.17. The van der Waals surface area contributed by atoms with Crippen LogP contribution in [-0.4, -0.2) is 20.6 Å². The molecule has 0 bridgehead atoms. The second kappa shape index (κ2) is 2.88. The number of imidazole rings is 1. The van der Waals surface area contributed by atoms with Gasteiger partial charge < -0.3 is 9.67 Å². The Balaban J connectivity index is 2.98. The zero-order valence-corrected chi connectivity index (χ0v) is 5.69. The number of carboxylic acid groups (broad SMARTS) is 1. The van der Waals surface area contributed by atoms with Crippen molar-refractivity contribution in [2.45, 2.75) is 6.54 Å². The van der Waals surface area contributed by atoms with Crippen molar-refractivity contribution >= 4 is 5.97 Å². The van der Waals surface area contributed by atoms with Crippen molar-refractivity contribution in [1.82, 2.24) is 9.55 Å². The number of hydrogen-bond donors (Lipinski definition) is 1. The molecule has 0 aliphatic heterocycles. The van der Waals surface area contributed by atoms with E-state index in [0.717, 1.165) is 0 Å². The highest BCUT2D eigenvalue weighted by atomic mass is 16.4. The van der Waals surface area contributed by atoms with Crippen LogP contribution < -0.4 is 0 Å². The van der Waals surface area contributed by atoms with Crippen LogP contribution >= 0.6 is 0 Å². The van der Waals surface area contributed by atoms with Crippen molar-refractivity contribution in [1.29, 1.82) is 0 Å². The van der Waals surface area contributed by atoms with E-state index in [0.29, 0.717) is 0 Å². The van der Waals surface area contributed by atoms with Crippen LogP contribution in [0.15, 0.2) is 12.4 Å². The summed E-state index contributed by atoms with van der Waals surface area (Å²) < 4.78 is 1.39. The molecule has 11 heavy (non-hydrogen) atoms. The molecule has 56 valence electrons. The fraction of sp³-hybridized carbons (Fsp3) is 0.143. The molecule has 0 radical (unpaired) electrons. The Hall–Kier alpha value is -1.76. The van der Waals surface area contributed by atoms with Gasteiger partial charge in [-0.2, -0.15) is 0 Å². The largest absolute Gasteiger partial charge is 0.475 e. The lowest BCUT2D eigenvalue weighted by molar-refractivity contribution is 0.0679. The average Bonchev–Trinajstić information content (AvgIpc) is 2.36. The third kappa shape index (κ3) is 1.38. The molecule has 0 aromatic carbocycles. The van der Waals surface area contributed by atoms with Crippen LogP contribution in [0.3, 0.4) is 0 Å². The second-order valence-corrected chi connectivity index (χ2v) is 1.89. The molecule has 0 fully saturated rings. The first kappa shape index (κ1) is 7.35. The molecule has 1 aromatic rings. The van der Waals surface area contributed by atoms with Crippen LogP contribution in [0.5, 0.6) is 0 Å². The zero-order chi connectivity index (χ0) is 8.27. The van der Waals surface area contributed by atoms with Crippen molar-refractivity contribution in [2.24, 2.45) is 0 Å². The van der Waals surface area contributed by atoms with Gasteiger partial charge >= 0.3 is 5.97 Å². The summed E-state index contributed by atoms with van der Waals surface area (Å²) in [6, 6.07) is 0. The summed E-state index contributed by atoms with van der Waals surface area (Å²) in [5.41, 5.74) is 0. The minimum atomic E-state index is -1.06. The summed E-state index contributed by atoms with van der Waals surface area (Å²) >= 11 is 0. The normalized spacial score (nSPS) is 9.00. The van der Waals surface area contributed by atoms with Gasteiger partial charge in [0.2, 0.25) is 5.82 Å². The molecule has 0 aliphatic rings. The lowest BCUT2D eigenvalue weighted by Gasteiger charge is -1.96. The predicted molar refractivity (Wildman–Crippen MR) is 38.0 cm³/mol. The minimum Gasteiger partial charge on any atom is -0.475 e. The molecule has 0 amide bonds. The smallest absolute Gasteiger partial charge is 0.372 e. The maximum absolute atomic E-state index is 10.4. The topological polar surface area (TPSA) is 55.1 Å². The van der Waals surface area contributed by atoms with Gasteiger partial charge in [0.15, 0.2) is 0 Å². The van der Waals surface area contributed by atoms with E-state index in [1.165, 1.54) is 17.0 Å². The van der Waals surface area contributed by atoms with Crippen LogP contribution in [-0.2, 0) is 6.54 Å². The van der Waals surface area contributed by atoms with E-state index < -0.39 is 5.97 Å². The van der Waals surface area contributed by atoms with Crippen LogP contribution in [0.4, 0.5) is 0 Å². The first-order valence-corrected chi connectivity index (χ1v) is 2.93. The molecule has 0 aliphatic carbocycles. The number of nitrogens with zero attached hydrogens (tertiary/aromatic N) is 2. The molecule has 1 rings (SSSR count). The Morgan fingerprint density at radius 2 is 2.64 bits per heavy atom. The van der Waals surface area contributed by atoms with E-state index in [4.69, 9.17) is 11.5 Å². The Bertz CT molecular complexity index is 308. The average molecular weight is 150 g/mol. The first-order valence-electron chi connectivity index (χ1n) is 2.93. The fourth-order valence-electron chi connectivity index (χ4n) is 0.733. The van der Waals surface area contributed by atoms with Crippen LogP contribution in [0.2, 0.25) is 0 Å². The van der Waals surface area contributed by atoms with E-state index in [2.05, 4.69) is 10.9 Å². The second-order valence-electron chi connectivity index (χ2n) is 1.89. The van der Waals surface area contributed by atoms with Gasteiger partial charge in [-0.25, -0.2) is 9.78 Å². The van der Waals surface area contributed by atoms with Gasteiger partial charge in [-0.15, -0.1) is 6.42 Å². The van der Waals surface area contributed by atoms with Crippen LogP contribution in [0.1, 0.15) is 10.6 Å². The predicted octanol–water partition coefficient (Wildman–Crippen LogP) is 0.214.